The van der Waals surface area contributed by atoms with Crippen molar-refractivity contribution in [1.29, 1.82) is 0 Å². The zero-order valence-electron chi connectivity index (χ0n) is 7.09. The first kappa shape index (κ1) is 7.98. The third-order valence-electron chi connectivity index (χ3n) is 1.54. The third kappa shape index (κ3) is 1.90. The molecule has 0 unspecified atom stereocenters. The Balaban J connectivity index is 2.82. The van der Waals surface area contributed by atoms with E-state index in [4.69, 9.17) is 4.74 Å². The fourth-order valence-corrected chi connectivity index (χ4v) is 0.746. The molecule has 1 rings (SSSR count). The highest BCUT2D eigenvalue weighted by molar-refractivity contribution is 6.04. The highest BCUT2D eigenvalue weighted by Crippen LogP contribution is 2.03. The minimum absolute atomic E-state index is 0.399. The fourth-order valence-electron chi connectivity index (χ4n) is 0.746. The van der Waals surface area contributed by atoms with Crippen LogP contribution >= 0.6 is 0 Å². The summed E-state index contributed by atoms with van der Waals surface area (Å²) in [5.41, 5.74) is 1.09. The smallest absolute Gasteiger partial charge is 0.189 e. The SMILES string of the molecule is C/C=C(\C)C1=NCOC(C)=N1. The summed E-state index contributed by atoms with van der Waals surface area (Å²) in [5, 5.41) is 0. The molecular weight excluding hydrogens is 140 g/mol. The van der Waals surface area contributed by atoms with Gasteiger partial charge in [-0.1, -0.05) is 6.08 Å². The Labute approximate surface area is 66.5 Å². The Morgan fingerprint density at radius 2 is 2.36 bits per heavy atom. The second kappa shape index (κ2) is 3.32. The summed E-state index contributed by atoms with van der Waals surface area (Å²) >= 11 is 0. The molecule has 0 aromatic rings. The minimum atomic E-state index is 0.399. The molecule has 3 nitrogen and oxygen atoms in total. The molecule has 0 saturated carbocycles. The van der Waals surface area contributed by atoms with Crippen molar-refractivity contribution in [1.82, 2.24) is 0 Å². The van der Waals surface area contributed by atoms with Crippen molar-refractivity contribution in [3.05, 3.63) is 11.6 Å². The molecule has 0 radical (unpaired) electrons. The molecule has 0 fully saturated rings. The third-order valence-corrected chi connectivity index (χ3v) is 1.54. The van der Waals surface area contributed by atoms with Crippen LogP contribution in [0.5, 0.6) is 0 Å². The van der Waals surface area contributed by atoms with Gasteiger partial charge in [0.2, 0.25) is 0 Å². The Morgan fingerprint density at radius 3 is 2.91 bits per heavy atom. The van der Waals surface area contributed by atoms with Crippen LogP contribution in [0, 0.1) is 0 Å². The summed E-state index contributed by atoms with van der Waals surface area (Å²) in [6, 6.07) is 0. The second-order valence-corrected chi connectivity index (χ2v) is 2.36. The van der Waals surface area contributed by atoms with E-state index in [0.29, 0.717) is 12.6 Å². The van der Waals surface area contributed by atoms with Crippen LogP contribution in [0.4, 0.5) is 0 Å². The number of ether oxygens (including phenoxy) is 1. The maximum Gasteiger partial charge on any atom is 0.189 e. The van der Waals surface area contributed by atoms with Crippen LogP contribution in [0.2, 0.25) is 0 Å². The van der Waals surface area contributed by atoms with E-state index in [-0.39, 0.29) is 0 Å². The second-order valence-electron chi connectivity index (χ2n) is 2.36. The highest BCUT2D eigenvalue weighted by Gasteiger charge is 2.05. The van der Waals surface area contributed by atoms with E-state index >= 15 is 0 Å². The van der Waals surface area contributed by atoms with E-state index in [1.807, 2.05) is 26.8 Å². The molecule has 1 aliphatic rings. The monoisotopic (exact) mass is 152 g/mol. The van der Waals surface area contributed by atoms with E-state index in [0.717, 1.165) is 11.4 Å². The Hall–Kier alpha value is -1.12. The van der Waals surface area contributed by atoms with Gasteiger partial charge in [0.05, 0.1) is 0 Å². The van der Waals surface area contributed by atoms with Crippen LogP contribution in [-0.4, -0.2) is 18.5 Å². The summed E-state index contributed by atoms with van der Waals surface area (Å²) in [5.74, 6) is 1.48. The molecule has 11 heavy (non-hydrogen) atoms. The number of rotatable bonds is 1. The quantitative estimate of drug-likeness (QED) is 0.563. The first-order chi connectivity index (χ1) is 5.24. The number of nitrogens with zero attached hydrogens (tertiary/aromatic N) is 2. The van der Waals surface area contributed by atoms with E-state index in [2.05, 4.69) is 9.98 Å². The van der Waals surface area contributed by atoms with E-state index in [9.17, 15) is 0 Å². The van der Waals surface area contributed by atoms with E-state index < -0.39 is 0 Å². The van der Waals surface area contributed by atoms with Gasteiger partial charge in [0.15, 0.2) is 18.5 Å². The Bertz CT molecular complexity index is 238. The number of allylic oxidation sites excluding steroid dienone is 1. The molecule has 0 amide bonds. The molecule has 0 aromatic heterocycles. The molecular formula is C8H12N2O. The van der Waals surface area contributed by atoms with Crippen LogP contribution in [0.15, 0.2) is 21.6 Å². The number of aliphatic imine (C=N–C) groups is 2. The van der Waals surface area contributed by atoms with Crippen molar-refractivity contribution in [3.63, 3.8) is 0 Å². The van der Waals surface area contributed by atoms with Gasteiger partial charge in [-0.3, -0.25) is 0 Å². The molecule has 0 N–H and O–H groups in total. The number of amidine groups is 1. The molecule has 0 spiro atoms. The number of hydrogen-bond acceptors (Lipinski definition) is 3. The Morgan fingerprint density at radius 1 is 1.64 bits per heavy atom. The largest absolute Gasteiger partial charge is 0.458 e. The summed E-state index contributed by atoms with van der Waals surface area (Å²) in [7, 11) is 0. The topological polar surface area (TPSA) is 34.0 Å². The van der Waals surface area contributed by atoms with Crippen LogP contribution in [0.25, 0.3) is 0 Å². The van der Waals surface area contributed by atoms with Crippen LogP contribution in [0.1, 0.15) is 20.8 Å². The lowest BCUT2D eigenvalue weighted by Crippen LogP contribution is -2.12. The van der Waals surface area contributed by atoms with Gasteiger partial charge in [0.25, 0.3) is 0 Å². The lowest BCUT2D eigenvalue weighted by atomic mass is 10.2. The van der Waals surface area contributed by atoms with Crippen molar-refractivity contribution in [3.8, 4) is 0 Å². The van der Waals surface area contributed by atoms with Crippen molar-refractivity contribution < 1.29 is 4.74 Å². The zero-order valence-corrected chi connectivity index (χ0v) is 7.09. The summed E-state index contributed by atoms with van der Waals surface area (Å²) < 4.78 is 5.04. The molecule has 0 aliphatic carbocycles. The molecule has 1 aliphatic heterocycles. The fraction of sp³-hybridized carbons (Fsp3) is 0.500. The number of hydrogen-bond donors (Lipinski definition) is 0. The highest BCUT2D eigenvalue weighted by atomic mass is 16.5. The van der Waals surface area contributed by atoms with Crippen LogP contribution in [0.3, 0.4) is 0 Å². The predicted octanol–water partition coefficient (Wildman–Crippen LogP) is 1.76. The van der Waals surface area contributed by atoms with Crippen molar-refractivity contribution in [2.24, 2.45) is 9.98 Å². The van der Waals surface area contributed by atoms with Gasteiger partial charge in [-0.2, -0.15) is 4.99 Å². The van der Waals surface area contributed by atoms with Crippen molar-refractivity contribution >= 4 is 11.7 Å². The maximum atomic E-state index is 5.04. The van der Waals surface area contributed by atoms with Crippen LogP contribution in [-0.2, 0) is 4.74 Å². The minimum Gasteiger partial charge on any atom is -0.458 e. The zero-order chi connectivity index (χ0) is 8.27. The average molecular weight is 152 g/mol. The van der Waals surface area contributed by atoms with E-state index in [1.165, 1.54) is 0 Å². The normalized spacial score (nSPS) is 18.6. The van der Waals surface area contributed by atoms with Gasteiger partial charge in [0, 0.05) is 6.92 Å². The predicted molar refractivity (Wildman–Crippen MR) is 45.9 cm³/mol. The van der Waals surface area contributed by atoms with E-state index in [1.54, 1.807) is 0 Å². The lowest BCUT2D eigenvalue weighted by molar-refractivity contribution is 0.311. The summed E-state index contributed by atoms with van der Waals surface area (Å²) in [4.78, 5) is 8.22. The molecule has 0 atom stereocenters. The maximum absolute atomic E-state index is 5.04. The molecule has 3 heteroatoms. The van der Waals surface area contributed by atoms with Crippen LogP contribution < -0.4 is 0 Å². The molecule has 1 heterocycles. The van der Waals surface area contributed by atoms with Gasteiger partial charge < -0.3 is 4.74 Å². The first-order valence-corrected chi connectivity index (χ1v) is 3.60. The van der Waals surface area contributed by atoms with Gasteiger partial charge in [-0.05, 0) is 19.4 Å². The first-order valence-electron chi connectivity index (χ1n) is 3.60. The summed E-state index contributed by atoms with van der Waals surface area (Å²) in [6.07, 6.45) is 1.99. The van der Waals surface area contributed by atoms with Gasteiger partial charge in [0.1, 0.15) is 0 Å². The standard InChI is InChI=1S/C8H12N2O/c1-4-6(2)8-9-5-11-7(3)10-8/h4H,5H2,1-3H3/b6-4+. The van der Waals surface area contributed by atoms with Gasteiger partial charge >= 0.3 is 0 Å². The Kier molecular flexibility index (Phi) is 2.41. The van der Waals surface area contributed by atoms with Gasteiger partial charge in [-0.25, -0.2) is 4.99 Å². The van der Waals surface area contributed by atoms with Gasteiger partial charge in [-0.15, -0.1) is 0 Å². The summed E-state index contributed by atoms with van der Waals surface area (Å²) in [6.45, 7) is 6.19. The van der Waals surface area contributed by atoms with Crippen molar-refractivity contribution in [2.75, 3.05) is 6.73 Å². The molecule has 60 valence electrons. The molecule has 0 bridgehead atoms. The lowest BCUT2D eigenvalue weighted by Gasteiger charge is -2.09. The average Bonchev–Trinajstić information content (AvgIpc) is 2.03. The molecule has 0 saturated heterocycles. The van der Waals surface area contributed by atoms with Crippen molar-refractivity contribution in [2.45, 2.75) is 20.8 Å². The molecule has 0 aromatic carbocycles.